The van der Waals surface area contributed by atoms with E-state index in [4.69, 9.17) is 0 Å². The van der Waals surface area contributed by atoms with Crippen molar-refractivity contribution in [2.75, 3.05) is 0 Å². The lowest BCUT2D eigenvalue weighted by Gasteiger charge is -2.19. The van der Waals surface area contributed by atoms with Gasteiger partial charge in [0.05, 0.1) is 5.69 Å². The Kier molecular flexibility index (Phi) is 6.70. The smallest absolute Gasteiger partial charge is 0.0664 e. The highest BCUT2D eigenvalue weighted by Crippen LogP contribution is 2.45. The lowest BCUT2D eigenvalue weighted by molar-refractivity contribution is 0.980. The molecule has 0 saturated heterocycles. The number of pyridine rings is 1. The van der Waals surface area contributed by atoms with E-state index in [1.54, 1.807) is 0 Å². The number of hydrogen-bond donors (Lipinski definition) is 0. The van der Waals surface area contributed by atoms with Crippen molar-refractivity contribution in [3.63, 3.8) is 0 Å². The predicted octanol–water partition coefficient (Wildman–Crippen LogP) is 13.2. The molecule has 1 nitrogen and oxygen atoms in total. The summed E-state index contributed by atoms with van der Waals surface area (Å²) >= 11 is 0. The molecule has 50 heavy (non-hydrogen) atoms. The molecule has 0 spiro atoms. The van der Waals surface area contributed by atoms with Crippen molar-refractivity contribution in [1.29, 1.82) is 0 Å². The Labute approximate surface area is 291 Å². The van der Waals surface area contributed by atoms with Gasteiger partial charge in [0.2, 0.25) is 0 Å². The summed E-state index contributed by atoms with van der Waals surface area (Å²) in [5, 5.41) is 10.2. The monoisotopic (exact) mass is 635 g/mol. The predicted molar refractivity (Wildman–Crippen MR) is 213 cm³/mol. The Morgan fingerprint density at radius 3 is 1.62 bits per heavy atom. The molecule has 8 aromatic carbocycles. The molecule has 0 N–H and O–H groups in total. The molecule has 0 unspecified atom stereocenters. The summed E-state index contributed by atoms with van der Waals surface area (Å²) in [5.41, 5.74) is 12.6. The van der Waals surface area contributed by atoms with Crippen LogP contribution >= 0.6 is 0 Å². The molecule has 1 heterocycles. The van der Waals surface area contributed by atoms with Crippen molar-refractivity contribution in [2.24, 2.45) is 0 Å². The summed E-state index contributed by atoms with van der Waals surface area (Å²) in [4.78, 5) is 4.67. The van der Waals surface area contributed by atoms with Crippen LogP contribution in [0.5, 0.6) is 0 Å². The molecule has 9 aromatic rings. The van der Waals surface area contributed by atoms with Crippen LogP contribution in [-0.2, 0) is 6.42 Å². The third-order valence-electron chi connectivity index (χ3n) is 10.6. The van der Waals surface area contributed by atoms with E-state index in [0.29, 0.717) is 0 Å². The van der Waals surface area contributed by atoms with Gasteiger partial charge in [-0.25, -0.2) is 0 Å². The lowest BCUT2D eigenvalue weighted by atomic mass is 9.85. The molecular weight excluding hydrogens is 603 g/mol. The quantitative estimate of drug-likeness (QED) is 0.175. The van der Waals surface area contributed by atoms with E-state index in [2.05, 4.69) is 169 Å². The van der Waals surface area contributed by atoms with Crippen molar-refractivity contribution >= 4 is 54.7 Å². The van der Waals surface area contributed by atoms with E-state index in [1.807, 2.05) is 12.3 Å². The minimum Gasteiger partial charge on any atom is -0.257 e. The third-order valence-corrected chi connectivity index (χ3v) is 10.6. The van der Waals surface area contributed by atoms with Gasteiger partial charge in [0.15, 0.2) is 0 Å². The van der Waals surface area contributed by atoms with E-state index < -0.39 is 0 Å². The number of nitrogens with zero attached hydrogens (tertiary/aromatic N) is 1. The van der Waals surface area contributed by atoms with Gasteiger partial charge in [0.25, 0.3) is 0 Å². The number of aryl methyl sites for hydroxylation is 1. The van der Waals surface area contributed by atoms with Crippen LogP contribution in [0.1, 0.15) is 23.2 Å². The topological polar surface area (TPSA) is 12.9 Å². The molecule has 0 fully saturated rings. The zero-order valence-electron chi connectivity index (χ0n) is 27.6. The maximum absolute atomic E-state index is 4.67. The fraction of sp³-hybridized carbons (Fsp3) is 0.0408. The van der Waals surface area contributed by atoms with Crippen LogP contribution in [0.15, 0.2) is 170 Å². The summed E-state index contributed by atoms with van der Waals surface area (Å²) in [6.07, 6.45) is 6.24. The summed E-state index contributed by atoms with van der Waals surface area (Å²) in [6, 6.07) is 60.3. The highest BCUT2D eigenvalue weighted by molar-refractivity contribution is 6.21. The van der Waals surface area contributed by atoms with Gasteiger partial charge >= 0.3 is 0 Å². The third kappa shape index (κ3) is 4.66. The molecule has 0 atom stereocenters. The molecule has 0 bridgehead atoms. The molecule has 1 aromatic heterocycles. The van der Waals surface area contributed by atoms with Gasteiger partial charge in [0.1, 0.15) is 0 Å². The molecule has 0 aliphatic heterocycles. The molecule has 1 aliphatic rings. The van der Waals surface area contributed by atoms with Crippen molar-refractivity contribution in [3.8, 4) is 33.4 Å². The Bertz CT molecular complexity index is 2750. The fourth-order valence-corrected chi connectivity index (χ4v) is 8.25. The highest BCUT2D eigenvalue weighted by Gasteiger charge is 2.18. The van der Waals surface area contributed by atoms with Crippen LogP contribution in [0.4, 0.5) is 0 Å². The zero-order chi connectivity index (χ0) is 33.0. The van der Waals surface area contributed by atoms with Crippen LogP contribution < -0.4 is 0 Å². The maximum Gasteiger partial charge on any atom is 0.0664 e. The van der Waals surface area contributed by atoms with Crippen LogP contribution in [-0.4, -0.2) is 4.98 Å². The van der Waals surface area contributed by atoms with Gasteiger partial charge in [0, 0.05) is 6.20 Å². The van der Waals surface area contributed by atoms with E-state index in [0.717, 1.165) is 18.5 Å². The lowest BCUT2D eigenvalue weighted by Crippen LogP contribution is -2.01. The van der Waals surface area contributed by atoms with Crippen molar-refractivity contribution in [1.82, 2.24) is 4.98 Å². The molecule has 10 rings (SSSR count). The number of benzene rings is 8. The molecule has 0 radical (unpaired) electrons. The molecule has 0 amide bonds. The van der Waals surface area contributed by atoms with E-state index in [9.17, 15) is 0 Å². The average Bonchev–Trinajstić information content (AvgIpc) is 3.19. The highest BCUT2D eigenvalue weighted by atomic mass is 14.7. The van der Waals surface area contributed by atoms with Crippen molar-refractivity contribution in [3.05, 3.63) is 187 Å². The summed E-state index contributed by atoms with van der Waals surface area (Å²) < 4.78 is 0. The number of rotatable bonds is 4. The zero-order valence-corrected chi connectivity index (χ0v) is 27.6. The number of hydrogen-bond acceptors (Lipinski definition) is 1. The molecule has 1 heteroatoms. The first-order valence-corrected chi connectivity index (χ1v) is 17.5. The van der Waals surface area contributed by atoms with Crippen LogP contribution in [0.25, 0.3) is 88.1 Å². The Morgan fingerprint density at radius 1 is 0.380 bits per heavy atom. The van der Waals surface area contributed by atoms with Crippen molar-refractivity contribution in [2.45, 2.75) is 12.8 Å². The molecule has 1 aliphatic carbocycles. The van der Waals surface area contributed by atoms with Gasteiger partial charge in [-0.3, -0.25) is 4.98 Å². The fourth-order valence-electron chi connectivity index (χ4n) is 8.25. The Morgan fingerprint density at radius 2 is 0.920 bits per heavy atom. The normalized spacial score (nSPS) is 12.8. The first kappa shape index (κ1) is 28.7. The summed E-state index contributed by atoms with van der Waals surface area (Å²) in [6.45, 7) is 0. The average molecular weight is 636 g/mol. The van der Waals surface area contributed by atoms with Crippen molar-refractivity contribution < 1.29 is 0 Å². The van der Waals surface area contributed by atoms with Crippen LogP contribution in [0, 0.1) is 0 Å². The van der Waals surface area contributed by atoms with Crippen LogP contribution in [0.2, 0.25) is 0 Å². The minimum atomic E-state index is 1.03. The van der Waals surface area contributed by atoms with Gasteiger partial charge in [-0.2, -0.15) is 0 Å². The number of allylic oxidation sites excluding steroid dienone is 1. The summed E-state index contributed by atoms with van der Waals surface area (Å²) in [7, 11) is 0. The van der Waals surface area contributed by atoms with Gasteiger partial charge in [-0.05, 0) is 124 Å². The maximum atomic E-state index is 4.67. The minimum absolute atomic E-state index is 1.03. The van der Waals surface area contributed by atoms with E-state index in [1.165, 1.54) is 93.2 Å². The van der Waals surface area contributed by atoms with E-state index in [-0.39, 0.29) is 0 Å². The van der Waals surface area contributed by atoms with Gasteiger partial charge in [-0.15, -0.1) is 0 Å². The van der Waals surface area contributed by atoms with Crippen LogP contribution in [0.3, 0.4) is 0 Å². The standard InChI is InChI=1S/C49H33N/c1-2-11-36-30-38(26-19-32(36)10-1)49-45-17-7-5-15-43(45)48(44-16-6-8-18-46(44)49)35-23-20-33(21-24-35)39-27-28-40(42-14-4-3-13-41(39)42)37-25-22-34-12-9-29-50-47(34)31-37/h1-21,23-24,26-31H,22,25H2. The molecular formula is C49H33N. The summed E-state index contributed by atoms with van der Waals surface area (Å²) in [5.74, 6) is 0. The second-order valence-electron chi connectivity index (χ2n) is 13.4. The van der Waals surface area contributed by atoms with Gasteiger partial charge in [-0.1, -0.05) is 152 Å². The molecule has 0 saturated carbocycles. The second-order valence-corrected chi connectivity index (χ2v) is 13.4. The largest absolute Gasteiger partial charge is 0.257 e. The second kappa shape index (κ2) is 11.7. The number of aromatic nitrogens is 1. The first-order valence-electron chi connectivity index (χ1n) is 17.5. The van der Waals surface area contributed by atoms with E-state index >= 15 is 0 Å². The van der Waals surface area contributed by atoms with Gasteiger partial charge < -0.3 is 0 Å². The Hall–Kier alpha value is -6.31. The number of fused-ring (bicyclic) bond motifs is 5. The molecule has 234 valence electrons. The SMILES string of the molecule is C1=C(c2ccc(-c3ccc(-c4c5ccccc5c(-c5ccc6ccccc6c5)c5ccccc45)cc3)c3ccccc23)CCc2cccnc21. The Balaban J connectivity index is 1.10. The first-order chi connectivity index (χ1) is 24.8.